The lowest BCUT2D eigenvalue weighted by Gasteiger charge is -2.22. The van der Waals surface area contributed by atoms with Crippen molar-refractivity contribution in [3.8, 4) is 0 Å². The van der Waals surface area contributed by atoms with Gasteiger partial charge in [-0.2, -0.15) is 0 Å². The Bertz CT molecular complexity index is 226. The molecule has 4 heteroatoms. The van der Waals surface area contributed by atoms with E-state index in [0.717, 1.165) is 0 Å². The van der Waals surface area contributed by atoms with E-state index < -0.39 is 17.8 Å². The van der Waals surface area contributed by atoms with E-state index >= 15 is 0 Å². The van der Waals surface area contributed by atoms with Gasteiger partial charge >= 0.3 is 5.97 Å². The number of halogens is 2. The predicted molar refractivity (Wildman–Crippen MR) is 48.0 cm³/mol. The van der Waals surface area contributed by atoms with E-state index in [1.54, 1.807) is 20.8 Å². The number of ether oxygens (including phenoxy) is 1. The van der Waals surface area contributed by atoms with Gasteiger partial charge in [0, 0.05) is 5.92 Å². The highest BCUT2D eigenvalue weighted by molar-refractivity contribution is 5.76. The molecule has 0 aromatic heterocycles. The van der Waals surface area contributed by atoms with Crippen molar-refractivity contribution in [1.82, 2.24) is 0 Å². The number of esters is 1. The third-order valence-corrected chi connectivity index (χ3v) is 2.89. The molecule has 0 radical (unpaired) electrons. The lowest BCUT2D eigenvalue weighted by Crippen LogP contribution is -2.30. The SMILES string of the molecule is CCOC(=O)C(C)(C)C1CC1C(F)F. The second kappa shape index (κ2) is 3.83. The molecular weight excluding hydrogens is 190 g/mol. The topological polar surface area (TPSA) is 26.3 Å². The molecule has 14 heavy (non-hydrogen) atoms. The first-order valence-electron chi connectivity index (χ1n) is 4.86. The zero-order chi connectivity index (χ0) is 10.9. The van der Waals surface area contributed by atoms with Crippen LogP contribution in [0.15, 0.2) is 0 Å². The number of carbonyl (C=O) groups is 1. The average Bonchev–Trinajstić information content (AvgIpc) is 2.83. The molecular formula is C10H16F2O2. The van der Waals surface area contributed by atoms with Gasteiger partial charge < -0.3 is 4.74 Å². The Balaban J connectivity index is 2.55. The van der Waals surface area contributed by atoms with E-state index in [9.17, 15) is 13.6 Å². The smallest absolute Gasteiger partial charge is 0.311 e. The zero-order valence-electron chi connectivity index (χ0n) is 8.72. The third-order valence-electron chi connectivity index (χ3n) is 2.89. The molecule has 0 amide bonds. The maximum atomic E-state index is 12.3. The van der Waals surface area contributed by atoms with Gasteiger partial charge in [-0.15, -0.1) is 0 Å². The van der Waals surface area contributed by atoms with E-state index in [1.165, 1.54) is 0 Å². The molecule has 0 aromatic carbocycles. The van der Waals surface area contributed by atoms with Gasteiger partial charge in [-0.3, -0.25) is 4.79 Å². The molecule has 1 fully saturated rings. The first kappa shape index (κ1) is 11.4. The lowest BCUT2D eigenvalue weighted by molar-refractivity contribution is -0.155. The van der Waals surface area contributed by atoms with Crippen LogP contribution in [-0.4, -0.2) is 19.0 Å². The minimum absolute atomic E-state index is 0.221. The minimum atomic E-state index is -2.31. The fourth-order valence-corrected chi connectivity index (χ4v) is 1.79. The number of carbonyl (C=O) groups excluding carboxylic acids is 1. The fourth-order valence-electron chi connectivity index (χ4n) is 1.79. The van der Waals surface area contributed by atoms with Crippen LogP contribution in [0.1, 0.15) is 27.2 Å². The van der Waals surface area contributed by atoms with Crippen molar-refractivity contribution in [2.24, 2.45) is 17.3 Å². The van der Waals surface area contributed by atoms with E-state index in [1.807, 2.05) is 0 Å². The van der Waals surface area contributed by atoms with Crippen molar-refractivity contribution >= 4 is 5.97 Å². The van der Waals surface area contributed by atoms with Crippen LogP contribution in [0.2, 0.25) is 0 Å². The van der Waals surface area contributed by atoms with Crippen molar-refractivity contribution in [3.05, 3.63) is 0 Å². The Morgan fingerprint density at radius 3 is 2.50 bits per heavy atom. The summed E-state index contributed by atoms with van der Waals surface area (Å²) in [5.74, 6) is -1.20. The van der Waals surface area contributed by atoms with Crippen molar-refractivity contribution in [2.45, 2.75) is 33.6 Å². The molecule has 1 saturated carbocycles. The molecule has 0 heterocycles. The highest BCUT2D eigenvalue weighted by Gasteiger charge is 2.55. The molecule has 0 spiro atoms. The van der Waals surface area contributed by atoms with Crippen LogP contribution >= 0.6 is 0 Å². The summed E-state index contributed by atoms with van der Waals surface area (Å²) >= 11 is 0. The molecule has 2 atom stereocenters. The van der Waals surface area contributed by atoms with Crippen molar-refractivity contribution in [2.75, 3.05) is 6.61 Å². The van der Waals surface area contributed by atoms with Crippen molar-refractivity contribution in [1.29, 1.82) is 0 Å². The Labute approximate surface area is 82.6 Å². The van der Waals surface area contributed by atoms with Crippen LogP contribution in [0.5, 0.6) is 0 Å². The van der Waals surface area contributed by atoms with Gasteiger partial charge in [0.25, 0.3) is 0 Å². The number of hydrogen-bond donors (Lipinski definition) is 0. The molecule has 82 valence electrons. The molecule has 0 saturated heterocycles. The van der Waals surface area contributed by atoms with E-state index in [-0.39, 0.29) is 11.9 Å². The van der Waals surface area contributed by atoms with Gasteiger partial charge in [-0.25, -0.2) is 8.78 Å². The number of rotatable bonds is 4. The van der Waals surface area contributed by atoms with Gasteiger partial charge in [0.2, 0.25) is 6.43 Å². The van der Waals surface area contributed by atoms with Crippen molar-refractivity contribution < 1.29 is 18.3 Å². The largest absolute Gasteiger partial charge is 0.466 e. The fraction of sp³-hybridized carbons (Fsp3) is 0.900. The monoisotopic (exact) mass is 206 g/mol. The Kier molecular flexibility index (Phi) is 3.12. The Morgan fingerprint density at radius 2 is 2.14 bits per heavy atom. The minimum Gasteiger partial charge on any atom is -0.466 e. The highest BCUT2D eigenvalue weighted by atomic mass is 19.3. The van der Waals surface area contributed by atoms with Gasteiger partial charge in [-0.1, -0.05) is 0 Å². The molecule has 1 aliphatic rings. The Morgan fingerprint density at radius 1 is 1.57 bits per heavy atom. The second-order valence-electron chi connectivity index (χ2n) is 4.28. The number of hydrogen-bond acceptors (Lipinski definition) is 2. The molecule has 2 unspecified atom stereocenters. The van der Waals surface area contributed by atoms with E-state index in [0.29, 0.717) is 13.0 Å². The van der Waals surface area contributed by atoms with Crippen LogP contribution in [-0.2, 0) is 9.53 Å². The summed E-state index contributed by atoms with van der Waals surface area (Å²) in [4.78, 5) is 11.4. The standard InChI is InChI=1S/C10H16F2O2/c1-4-14-9(13)10(2,3)7-5-6(7)8(11)12/h6-8H,4-5H2,1-3H3. The van der Waals surface area contributed by atoms with Gasteiger partial charge in [0.15, 0.2) is 0 Å². The summed E-state index contributed by atoms with van der Waals surface area (Å²) in [6, 6.07) is 0. The Hall–Kier alpha value is -0.670. The molecule has 0 aromatic rings. The lowest BCUT2D eigenvalue weighted by atomic mass is 9.86. The number of alkyl halides is 2. The summed E-state index contributed by atoms with van der Waals surface area (Å²) in [6.07, 6.45) is -1.88. The summed E-state index contributed by atoms with van der Waals surface area (Å²) in [6.45, 7) is 5.37. The maximum absolute atomic E-state index is 12.3. The van der Waals surface area contributed by atoms with E-state index in [4.69, 9.17) is 4.74 Å². The summed E-state index contributed by atoms with van der Waals surface area (Å²) in [7, 11) is 0. The second-order valence-corrected chi connectivity index (χ2v) is 4.28. The molecule has 1 aliphatic carbocycles. The van der Waals surface area contributed by atoms with Crippen LogP contribution in [0, 0.1) is 17.3 Å². The maximum Gasteiger partial charge on any atom is 0.311 e. The first-order chi connectivity index (χ1) is 6.41. The van der Waals surface area contributed by atoms with Gasteiger partial charge in [0.05, 0.1) is 12.0 Å². The highest BCUT2D eigenvalue weighted by Crippen LogP contribution is 2.54. The first-order valence-corrected chi connectivity index (χ1v) is 4.86. The van der Waals surface area contributed by atoms with E-state index in [2.05, 4.69) is 0 Å². The van der Waals surface area contributed by atoms with Gasteiger partial charge in [-0.05, 0) is 33.1 Å². The molecule has 0 N–H and O–H groups in total. The molecule has 2 nitrogen and oxygen atoms in total. The predicted octanol–water partition coefficient (Wildman–Crippen LogP) is 2.48. The van der Waals surface area contributed by atoms with Crippen LogP contribution < -0.4 is 0 Å². The zero-order valence-corrected chi connectivity index (χ0v) is 8.72. The average molecular weight is 206 g/mol. The summed E-state index contributed by atoms with van der Waals surface area (Å²) < 4.78 is 29.4. The molecule has 0 bridgehead atoms. The quantitative estimate of drug-likeness (QED) is 0.660. The van der Waals surface area contributed by atoms with Crippen LogP contribution in [0.3, 0.4) is 0 Å². The molecule has 1 rings (SSSR count). The summed E-state index contributed by atoms with van der Waals surface area (Å²) in [5, 5.41) is 0. The third kappa shape index (κ3) is 2.04. The van der Waals surface area contributed by atoms with Crippen LogP contribution in [0.25, 0.3) is 0 Å². The van der Waals surface area contributed by atoms with Crippen molar-refractivity contribution in [3.63, 3.8) is 0 Å². The molecule has 0 aliphatic heterocycles. The normalized spacial score (nSPS) is 26.4. The summed E-state index contributed by atoms with van der Waals surface area (Å²) in [5.41, 5.74) is -0.767. The van der Waals surface area contributed by atoms with Gasteiger partial charge in [0.1, 0.15) is 0 Å². The van der Waals surface area contributed by atoms with Crippen LogP contribution in [0.4, 0.5) is 8.78 Å².